The zero-order chi connectivity index (χ0) is 13.4. The lowest BCUT2D eigenvalue weighted by atomic mass is 10.2. The predicted molar refractivity (Wildman–Crippen MR) is 64.0 cm³/mol. The van der Waals surface area contributed by atoms with Gasteiger partial charge in [-0.05, 0) is 25.0 Å². The summed E-state index contributed by atoms with van der Waals surface area (Å²) < 4.78 is 39.4. The van der Waals surface area contributed by atoms with Crippen LogP contribution in [0.5, 0.6) is 5.75 Å². The van der Waals surface area contributed by atoms with Gasteiger partial charge < -0.3 is 10.1 Å². The normalized spacial score (nSPS) is 11.3. The molecule has 0 aliphatic rings. The fourth-order valence-corrected chi connectivity index (χ4v) is 1.48. The first-order valence-electron chi connectivity index (χ1n) is 5.53. The van der Waals surface area contributed by atoms with Crippen LogP contribution in [0.15, 0.2) is 18.3 Å². The molecule has 1 heterocycles. The number of aromatic nitrogens is 1. The molecule has 1 aromatic heterocycles. The van der Waals surface area contributed by atoms with Gasteiger partial charge in [-0.1, -0.05) is 6.42 Å². The Labute approximate surface area is 108 Å². The second kappa shape index (κ2) is 7.31. The minimum Gasteiger partial charge on any atom is -0.404 e. The molecule has 0 saturated heterocycles. The smallest absolute Gasteiger partial charge is 0.404 e. The van der Waals surface area contributed by atoms with Crippen molar-refractivity contribution in [3.05, 3.63) is 18.3 Å². The van der Waals surface area contributed by atoms with Crippen LogP contribution in [-0.4, -0.2) is 23.8 Å². The van der Waals surface area contributed by atoms with Gasteiger partial charge in [-0.2, -0.15) is 0 Å². The number of nitrogens with one attached hydrogen (secondary N) is 1. The lowest BCUT2D eigenvalue weighted by molar-refractivity contribution is -0.274. The number of nitrogens with zero attached hydrogens (tertiary/aromatic N) is 1. The number of anilines is 1. The Morgan fingerprint density at radius 1 is 1.22 bits per heavy atom. The molecule has 0 fully saturated rings. The molecule has 0 spiro atoms. The fraction of sp³-hybridized carbons (Fsp3) is 0.545. The molecule has 0 bridgehead atoms. The molecule has 0 aliphatic heterocycles. The molecule has 0 unspecified atom stereocenters. The minimum absolute atomic E-state index is 0.324. The second-order valence-electron chi connectivity index (χ2n) is 3.60. The summed E-state index contributed by atoms with van der Waals surface area (Å²) in [6, 6.07) is 2.67. The molecule has 3 nitrogen and oxygen atoms in total. The van der Waals surface area contributed by atoms with Crippen LogP contribution in [0.4, 0.5) is 19.0 Å². The van der Waals surface area contributed by atoms with Gasteiger partial charge in [-0.25, -0.2) is 4.98 Å². The van der Waals surface area contributed by atoms with Crippen molar-refractivity contribution in [1.82, 2.24) is 4.98 Å². The largest absolute Gasteiger partial charge is 0.573 e. The van der Waals surface area contributed by atoms with Gasteiger partial charge in [0.05, 0.1) is 6.20 Å². The Morgan fingerprint density at radius 2 is 2.00 bits per heavy atom. The van der Waals surface area contributed by atoms with Gasteiger partial charge in [0.1, 0.15) is 11.6 Å². The molecule has 0 atom stereocenters. The average molecular weight is 283 g/mol. The minimum atomic E-state index is -4.68. The summed E-state index contributed by atoms with van der Waals surface area (Å²) in [6.07, 6.45) is -0.747. The van der Waals surface area contributed by atoms with E-state index in [9.17, 15) is 13.2 Å². The summed E-state index contributed by atoms with van der Waals surface area (Å²) >= 11 is 5.53. The van der Waals surface area contributed by atoms with Crippen LogP contribution in [0.2, 0.25) is 0 Å². The van der Waals surface area contributed by atoms with Gasteiger partial charge in [0.25, 0.3) is 0 Å². The fourth-order valence-electron chi connectivity index (χ4n) is 1.29. The first-order valence-corrected chi connectivity index (χ1v) is 6.06. The molecule has 0 radical (unpaired) electrons. The van der Waals surface area contributed by atoms with Crippen LogP contribution in [0.3, 0.4) is 0 Å². The highest BCUT2D eigenvalue weighted by molar-refractivity contribution is 6.17. The summed E-state index contributed by atoms with van der Waals surface area (Å²) in [6.45, 7) is 0.712. The van der Waals surface area contributed by atoms with E-state index >= 15 is 0 Å². The number of rotatable bonds is 7. The topological polar surface area (TPSA) is 34.1 Å². The van der Waals surface area contributed by atoms with Crippen LogP contribution >= 0.6 is 11.6 Å². The molecular weight excluding hydrogens is 269 g/mol. The second-order valence-corrected chi connectivity index (χ2v) is 3.98. The molecule has 1 N–H and O–H groups in total. The third-order valence-electron chi connectivity index (χ3n) is 2.09. The first kappa shape index (κ1) is 14.9. The Kier molecular flexibility index (Phi) is 6.04. The SMILES string of the molecule is FC(F)(F)Oc1ccc(NCCCCCCl)nc1. The van der Waals surface area contributed by atoms with Gasteiger partial charge in [0, 0.05) is 12.4 Å². The summed E-state index contributed by atoms with van der Waals surface area (Å²) in [4.78, 5) is 3.82. The monoisotopic (exact) mass is 282 g/mol. The number of hydrogen-bond donors (Lipinski definition) is 1. The highest BCUT2D eigenvalue weighted by Gasteiger charge is 2.31. The van der Waals surface area contributed by atoms with Gasteiger partial charge in [-0.15, -0.1) is 24.8 Å². The molecule has 102 valence electrons. The van der Waals surface area contributed by atoms with Gasteiger partial charge in [0.2, 0.25) is 0 Å². The third kappa shape index (κ3) is 6.54. The van der Waals surface area contributed by atoms with E-state index < -0.39 is 6.36 Å². The maximum Gasteiger partial charge on any atom is 0.573 e. The molecule has 0 amide bonds. The van der Waals surface area contributed by atoms with E-state index in [0.717, 1.165) is 25.5 Å². The van der Waals surface area contributed by atoms with Crippen LogP contribution in [0.1, 0.15) is 19.3 Å². The van der Waals surface area contributed by atoms with E-state index in [2.05, 4.69) is 15.0 Å². The molecule has 1 aromatic rings. The van der Waals surface area contributed by atoms with Crippen LogP contribution < -0.4 is 10.1 Å². The summed E-state index contributed by atoms with van der Waals surface area (Å²) in [5.41, 5.74) is 0. The lowest BCUT2D eigenvalue weighted by Crippen LogP contribution is -2.17. The van der Waals surface area contributed by atoms with Gasteiger partial charge in [0.15, 0.2) is 0 Å². The summed E-state index contributed by atoms with van der Waals surface area (Å²) in [5.74, 6) is 0.840. The van der Waals surface area contributed by atoms with E-state index in [4.69, 9.17) is 11.6 Å². The number of unbranched alkanes of at least 4 members (excludes halogenated alkanes) is 2. The maximum absolute atomic E-state index is 11.9. The highest BCUT2D eigenvalue weighted by atomic mass is 35.5. The highest BCUT2D eigenvalue weighted by Crippen LogP contribution is 2.22. The third-order valence-corrected chi connectivity index (χ3v) is 2.35. The summed E-state index contributed by atoms with van der Waals surface area (Å²) in [7, 11) is 0. The van der Waals surface area contributed by atoms with Gasteiger partial charge in [-0.3, -0.25) is 0 Å². The average Bonchev–Trinajstić information content (AvgIpc) is 2.29. The van der Waals surface area contributed by atoms with Crippen molar-refractivity contribution in [1.29, 1.82) is 0 Å². The molecule has 0 saturated carbocycles. The van der Waals surface area contributed by atoms with E-state index in [1.54, 1.807) is 0 Å². The van der Waals surface area contributed by atoms with Gasteiger partial charge >= 0.3 is 6.36 Å². The van der Waals surface area contributed by atoms with Crippen LogP contribution in [0, 0.1) is 0 Å². The number of ether oxygens (including phenoxy) is 1. The Morgan fingerprint density at radius 3 is 2.56 bits per heavy atom. The number of hydrogen-bond acceptors (Lipinski definition) is 3. The Bertz CT molecular complexity index is 343. The van der Waals surface area contributed by atoms with Crippen molar-refractivity contribution in [3.63, 3.8) is 0 Å². The summed E-state index contributed by atoms with van der Waals surface area (Å²) in [5, 5.41) is 3.00. The molecule has 0 aromatic carbocycles. The zero-order valence-electron chi connectivity index (χ0n) is 9.63. The molecular formula is C11H14ClF3N2O. The number of halogens is 4. The van der Waals surface area contributed by atoms with Crippen molar-refractivity contribution in [2.24, 2.45) is 0 Å². The quantitative estimate of drug-likeness (QED) is 0.610. The van der Waals surface area contributed by atoms with Crippen molar-refractivity contribution in [2.75, 3.05) is 17.7 Å². The number of pyridine rings is 1. The molecule has 18 heavy (non-hydrogen) atoms. The van der Waals surface area contributed by atoms with Crippen molar-refractivity contribution >= 4 is 17.4 Å². The van der Waals surface area contributed by atoms with Crippen LogP contribution in [-0.2, 0) is 0 Å². The standard InChI is InChI=1S/C11H14ClF3N2O/c12-6-2-1-3-7-16-10-5-4-9(8-17-10)18-11(13,14)15/h4-5,8H,1-3,6-7H2,(H,16,17). The van der Waals surface area contributed by atoms with Crippen LogP contribution in [0.25, 0.3) is 0 Å². The van der Waals surface area contributed by atoms with E-state index in [1.165, 1.54) is 12.1 Å². The van der Waals surface area contributed by atoms with E-state index in [-0.39, 0.29) is 5.75 Å². The maximum atomic E-state index is 11.9. The molecule has 0 aliphatic carbocycles. The zero-order valence-corrected chi connectivity index (χ0v) is 10.4. The first-order chi connectivity index (χ1) is 8.51. The van der Waals surface area contributed by atoms with Crippen molar-refractivity contribution < 1.29 is 17.9 Å². The van der Waals surface area contributed by atoms with E-state index in [1.807, 2.05) is 0 Å². The Balaban J connectivity index is 2.32. The van der Waals surface area contributed by atoms with E-state index in [0.29, 0.717) is 18.2 Å². The number of alkyl halides is 4. The predicted octanol–water partition coefficient (Wildman–Crippen LogP) is 3.80. The van der Waals surface area contributed by atoms with Crippen molar-refractivity contribution in [2.45, 2.75) is 25.6 Å². The molecule has 1 rings (SSSR count). The lowest BCUT2D eigenvalue weighted by Gasteiger charge is -2.09. The Hall–Kier alpha value is -1.17. The molecule has 7 heteroatoms. The van der Waals surface area contributed by atoms with Crippen molar-refractivity contribution in [3.8, 4) is 5.75 Å².